The molecule has 1 aromatic heterocycles. The van der Waals surface area contributed by atoms with Crippen LogP contribution in [-0.2, 0) is 27.5 Å². The highest BCUT2D eigenvalue weighted by Crippen LogP contribution is 2.38. The summed E-state index contributed by atoms with van der Waals surface area (Å²) in [5, 5.41) is 9.17. The van der Waals surface area contributed by atoms with E-state index < -0.39 is 39.7 Å². The van der Waals surface area contributed by atoms with Gasteiger partial charge in [-0.2, -0.15) is 35.6 Å². The molecule has 1 fully saturated rings. The van der Waals surface area contributed by atoms with Gasteiger partial charge >= 0.3 is 18.3 Å². The number of aromatic nitrogens is 2. The molecule has 0 spiro atoms. The van der Waals surface area contributed by atoms with Gasteiger partial charge in [0.2, 0.25) is 16.0 Å². The Kier molecular flexibility index (Phi) is 11.2. The van der Waals surface area contributed by atoms with Gasteiger partial charge in [0.15, 0.2) is 0 Å². The second-order valence-electron chi connectivity index (χ2n) is 11.7. The normalized spacial score (nSPS) is 16.9. The second-order valence-corrected chi connectivity index (χ2v) is 13.7. The molecule has 1 aliphatic rings. The van der Waals surface area contributed by atoms with Crippen LogP contribution in [0, 0.1) is 5.82 Å². The molecule has 0 aliphatic heterocycles. The Bertz CT molecular complexity index is 1940. The molecule has 4 aromatic rings. The largest absolute Gasteiger partial charge is 0.491 e. The topological polar surface area (TPSA) is 126 Å². The minimum Gasteiger partial charge on any atom is -0.419 e. The molecule has 1 heterocycles. The standard InChI is InChI=1S/C33H31F7N6O4S/c1-46(25-11-7-22(8-12-25)42-19-20-2-15-28(27(18-20)32(35,36)37)50-30(47)33(38,39)40)51(48,49)26-13-9-24(10-14-26)44-31-41-17-16-29(45-31)43-23-5-3-21(34)4-6-23/h2-6,9-10,13-18,22,25,42H,7-8,11-12,19H2,1H3,(H2,41,43,44,45). The lowest BCUT2D eigenvalue weighted by molar-refractivity contribution is -0.190. The average Bonchev–Trinajstić information content (AvgIpc) is 3.08. The molecule has 18 heteroatoms. The number of nitrogens with zero attached hydrogens (tertiary/aromatic N) is 3. The first-order valence-corrected chi connectivity index (χ1v) is 16.9. The summed E-state index contributed by atoms with van der Waals surface area (Å²) in [6.45, 7) is -0.0550. The van der Waals surface area contributed by atoms with Gasteiger partial charge in [0.25, 0.3) is 0 Å². The molecule has 10 nitrogen and oxygen atoms in total. The number of halogens is 7. The zero-order valence-corrected chi connectivity index (χ0v) is 27.5. The van der Waals surface area contributed by atoms with Crippen LogP contribution in [-0.4, -0.2) is 54.0 Å². The number of nitrogens with one attached hydrogen (secondary N) is 3. The van der Waals surface area contributed by atoms with E-state index in [0.717, 1.165) is 6.07 Å². The van der Waals surface area contributed by atoms with Crippen LogP contribution in [0.2, 0.25) is 0 Å². The van der Waals surface area contributed by atoms with Crippen LogP contribution in [0.25, 0.3) is 0 Å². The van der Waals surface area contributed by atoms with Crippen molar-refractivity contribution >= 4 is 39.1 Å². The molecular weight excluding hydrogens is 709 g/mol. The molecule has 51 heavy (non-hydrogen) atoms. The summed E-state index contributed by atoms with van der Waals surface area (Å²) in [5.41, 5.74) is -0.258. The summed E-state index contributed by atoms with van der Waals surface area (Å²) in [7, 11) is -2.40. The summed E-state index contributed by atoms with van der Waals surface area (Å²) < 4.78 is 124. The number of esters is 1. The fraction of sp³-hybridized carbons (Fsp3) is 0.303. The van der Waals surface area contributed by atoms with E-state index in [0.29, 0.717) is 55.0 Å². The Labute approximate surface area is 288 Å². The van der Waals surface area contributed by atoms with E-state index in [9.17, 15) is 43.9 Å². The summed E-state index contributed by atoms with van der Waals surface area (Å²) in [5.74, 6) is -3.69. The zero-order valence-electron chi connectivity index (χ0n) is 26.7. The fourth-order valence-electron chi connectivity index (χ4n) is 5.43. The Morgan fingerprint density at radius 1 is 0.882 bits per heavy atom. The number of carbonyl (C=O) groups is 1. The second kappa shape index (κ2) is 15.2. The predicted octanol–water partition coefficient (Wildman–Crippen LogP) is 7.31. The molecule has 0 radical (unpaired) electrons. The van der Waals surface area contributed by atoms with Crippen LogP contribution in [0.3, 0.4) is 0 Å². The summed E-state index contributed by atoms with van der Waals surface area (Å²) >= 11 is 0. The SMILES string of the molecule is CN(C1CCC(NCc2ccc(OC(=O)C(F)(F)F)c(C(F)(F)F)c2)CC1)S(=O)(=O)c1ccc(Nc2nccc(Nc3ccc(F)cc3)n2)cc1. The van der Waals surface area contributed by atoms with Crippen molar-refractivity contribution in [1.82, 2.24) is 19.6 Å². The maximum atomic E-state index is 13.5. The first-order valence-electron chi connectivity index (χ1n) is 15.4. The Balaban J connectivity index is 1.14. The van der Waals surface area contributed by atoms with Crippen molar-refractivity contribution in [2.24, 2.45) is 0 Å². The molecule has 272 valence electrons. The van der Waals surface area contributed by atoms with Crippen LogP contribution in [0.4, 0.5) is 53.9 Å². The van der Waals surface area contributed by atoms with E-state index in [1.54, 1.807) is 30.3 Å². The van der Waals surface area contributed by atoms with Crippen molar-refractivity contribution in [2.45, 2.75) is 61.6 Å². The quantitative estimate of drug-likeness (QED) is 0.0825. The molecule has 0 amide bonds. The van der Waals surface area contributed by atoms with E-state index in [-0.39, 0.29) is 40.9 Å². The van der Waals surface area contributed by atoms with Crippen molar-refractivity contribution in [2.75, 3.05) is 17.7 Å². The van der Waals surface area contributed by atoms with Crippen LogP contribution < -0.4 is 20.7 Å². The smallest absolute Gasteiger partial charge is 0.419 e. The van der Waals surface area contributed by atoms with Gasteiger partial charge in [0, 0.05) is 43.2 Å². The van der Waals surface area contributed by atoms with Gasteiger partial charge in [-0.25, -0.2) is 22.6 Å². The Hall–Kier alpha value is -4.81. The average molecular weight is 741 g/mol. The lowest BCUT2D eigenvalue weighted by atomic mass is 9.91. The molecule has 0 bridgehead atoms. The summed E-state index contributed by atoms with van der Waals surface area (Å²) in [6, 6.07) is 15.3. The van der Waals surface area contributed by atoms with Gasteiger partial charge in [0.1, 0.15) is 17.4 Å². The minimum absolute atomic E-state index is 0.0550. The number of rotatable bonds is 11. The molecule has 1 aliphatic carbocycles. The van der Waals surface area contributed by atoms with Crippen LogP contribution in [0.15, 0.2) is 83.9 Å². The first-order chi connectivity index (χ1) is 24.0. The molecule has 3 aromatic carbocycles. The number of anilines is 4. The summed E-state index contributed by atoms with van der Waals surface area (Å²) in [6.07, 6.45) is -7.07. The number of ether oxygens (including phenoxy) is 1. The fourth-order valence-corrected chi connectivity index (χ4v) is 6.85. The predicted molar refractivity (Wildman–Crippen MR) is 172 cm³/mol. The van der Waals surface area contributed by atoms with E-state index in [1.165, 1.54) is 41.8 Å². The highest BCUT2D eigenvalue weighted by molar-refractivity contribution is 7.89. The third kappa shape index (κ3) is 9.71. The van der Waals surface area contributed by atoms with Crippen molar-refractivity contribution < 1.29 is 48.7 Å². The Morgan fingerprint density at radius 3 is 2.14 bits per heavy atom. The van der Waals surface area contributed by atoms with Crippen LogP contribution in [0.1, 0.15) is 36.8 Å². The lowest BCUT2D eigenvalue weighted by Gasteiger charge is -2.34. The number of benzene rings is 3. The number of hydrogen-bond acceptors (Lipinski definition) is 9. The van der Waals surface area contributed by atoms with E-state index >= 15 is 0 Å². The zero-order chi connectivity index (χ0) is 37.0. The van der Waals surface area contributed by atoms with Gasteiger partial charge in [-0.3, -0.25) is 0 Å². The number of sulfonamides is 1. The maximum absolute atomic E-state index is 13.5. The number of carbonyl (C=O) groups excluding carboxylic acids is 1. The van der Waals surface area contributed by atoms with E-state index in [4.69, 9.17) is 0 Å². The van der Waals surface area contributed by atoms with Gasteiger partial charge in [-0.1, -0.05) is 6.07 Å². The van der Waals surface area contributed by atoms with Gasteiger partial charge in [-0.05, 0) is 98.0 Å². The number of alkyl halides is 6. The van der Waals surface area contributed by atoms with E-state index in [2.05, 4.69) is 30.7 Å². The monoisotopic (exact) mass is 740 g/mol. The highest BCUT2D eigenvalue weighted by atomic mass is 32.2. The molecule has 3 N–H and O–H groups in total. The first kappa shape index (κ1) is 37.4. The molecular formula is C33H31F7N6O4S. The van der Waals surface area contributed by atoms with Crippen LogP contribution in [0.5, 0.6) is 5.75 Å². The number of hydrogen-bond donors (Lipinski definition) is 3. The van der Waals surface area contributed by atoms with Gasteiger partial charge in [0.05, 0.1) is 10.5 Å². The van der Waals surface area contributed by atoms with Crippen molar-refractivity contribution in [3.63, 3.8) is 0 Å². The van der Waals surface area contributed by atoms with Crippen molar-refractivity contribution in [3.05, 3.63) is 95.9 Å². The maximum Gasteiger partial charge on any atom is 0.491 e. The Morgan fingerprint density at radius 2 is 1.51 bits per heavy atom. The van der Waals surface area contributed by atoms with Gasteiger partial charge < -0.3 is 20.7 Å². The molecule has 0 atom stereocenters. The molecule has 0 unspecified atom stereocenters. The molecule has 0 saturated heterocycles. The van der Waals surface area contributed by atoms with Crippen molar-refractivity contribution in [1.29, 1.82) is 0 Å². The molecule has 5 rings (SSSR count). The third-order valence-electron chi connectivity index (χ3n) is 8.15. The highest BCUT2D eigenvalue weighted by Gasteiger charge is 2.43. The van der Waals surface area contributed by atoms with E-state index in [1.807, 2.05) is 0 Å². The van der Waals surface area contributed by atoms with Gasteiger partial charge in [-0.15, -0.1) is 0 Å². The van der Waals surface area contributed by atoms with Crippen LogP contribution >= 0.6 is 0 Å². The third-order valence-corrected chi connectivity index (χ3v) is 10.1. The lowest BCUT2D eigenvalue weighted by Crippen LogP contribution is -2.43. The molecule has 1 saturated carbocycles. The summed E-state index contributed by atoms with van der Waals surface area (Å²) in [4.78, 5) is 19.7. The minimum atomic E-state index is -5.46. The van der Waals surface area contributed by atoms with Crippen molar-refractivity contribution in [3.8, 4) is 5.75 Å².